The molecule has 3 nitrogen and oxygen atoms in total. The van der Waals surface area contributed by atoms with Crippen LogP contribution in [0.1, 0.15) is 31.2 Å². The smallest absolute Gasteiger partial charge is 0.303 e. The first-order valence-electron chi connectivity index (χ1n) is 6.32. The molecule has 0 amide bonds. The molecule has 1 aromatic carbocycles. The molecule has 1 rings (SSSR count). The average molecular weight is 350 g/mol. The van der Waals surface area contributed by atoms with Crippen molar-refractivity contribution in [1.29, 1.82) is 0 Å². The van der Waals surface area contributed by atoms with E-state index in [1.54, 1.807) is 12.1 Å². The van der Waals surface area contributed by atoms with E-state index in [0.717, 1.165) is 35.9 Å². The second-order valence-electron chi connectivity index (χ2n) is 4.24. The molecule has 0 atom stereocenters. The largest absolute Gasteiger partial charge is 0.493 e. The summed E-state index contributed by atoms with van der Waals surface area (Å²) in [7, 11) is 0. The maximum Gasteiger partial charge on any atom is 0.303 e. The van der Waals surface area contributed by atoms with Crippen LogP contribution in [0.2, 0.25) is 5.02 Å². The summed E-state index contributed by atoms with van der Waals surface area (Å²) in [6, 6.07) is 5.35. The lowest BCUT2D eigenvalue weighted by atomic mass is 10.1. The zero-order valence-electron chi connectivity index (χ0n) is 10.7. The lowest BCUT2D eigenvalue weighted by Crippen LogP contribution is -2.03. The minimum absolute atomic E-state index is 0.0836. The molecule has 0 aliphatic heterocycles. The predicted octanol–water partition coefficient (Wildman–Crippen LogP) is 4.30. The lowest BCUT2D eigenvalue weighted by molar-refractivity contribution is -0.136. The summed E-state index contributed by atoms with van der Waals surface area (Å²) >= 11 is 9.32. The Hall–Kier alpha value is -0.740. The highest BCUT2D eigenvalue weighted by Gasteiger charge is 2.07. The average Bonchev–Trinajstić information content (AvgIpc) is 2.38. The number of rotatable bonds is 9. The van der Waals surface area contributed by atoms with Crippen LogP contribution in [-0.2, 0) is 11.2 Å². The quantitative estimate of drug-likeness (QED) is 0.534. The standard InChI is InChI=1S/C14H18BrClO3/c15-8-2-1-3-9-19-13-6-5-12(16)10-11(13)4-7-14(17)18/h5-6,10H,1-4,7-9H2,(H,17,18). The second-order valence-corrected chi connectivity index (χ2v) is 5.47. The molecule has 0 aliphatic rings. The summed E-state index contributed by atoms with van der Waals surface area (Å²) in [6.45, 7) is 0.648. The fraction of sp³-hybridized carbons (Fsp3) is 0.500. The maximum absolute atomic E-state index is 10.6. The highest BCUT2D eigenvalue weighted by atomic mass is 79.9. The van der Waals surface area contributed by atoms with Crippen LogP contribution in [0, 0.1) is 0 Å². The second kappa shape index (κ2) is 9.21. The summed E-state index contributed by atoms with van der Waals surface area (Å²) in [5.74, 6) is -0.0762. The Labute approximate surface area is 127 Å². The fourth-order valence-electron chi connectivity index (χ4n) is 1.68. The Morgan fingerprint density at radius 1 is 1.32 bits per heavy atom. The summed E-state index contributed by atoms with van der Waals surface area (Å²) in [5, 5.41) is 10.3. The van der Waals surface area contributed by atoms with Crippen LogP contribution >= 0.6 is 27.5 Å². The van der Waals surface area contributed by atoms with Gasteiger partial charge in [0.2, 0.25) is 0 Å². The number of alkyl halides is 1. The molecule has 0 heterocycles. The van der Waals surface area contributed by atoms with Crippen molar-refractivity contribution >= 4 is 33.5 Å². The van der Waals surface area contributed by atoms with Crippen LogP contribution in [0.25, 0.3) is 0 Å². The van der Waals surface area contributed by atoms with Crippen LogP contribution in [0.3, 0.4) is 0 Å². The number of hydrogen-bond donors (Lipinski definition) is 1. The van der Waals surface area contributed by atoms with Gasteiger partial charge in [0, 0.05) is 16.8 Å². The van der Waals surface area contributed by atoms with Gasteiger partial charge in [-0.3, -0.25) is 4.79 Å². The Balaban J connectivity index is 2.52. The molecular formula is C14H18BrClO3. The maximum atomic E-state index is 10.6. The van der Waals surface area contributed by atoms with Crippen molar-refractivity contribution in [2.24, 2.45) is 0 Å². The van der Waals surface area contributed by atoms with Crippen LogP contribution in [-0.4, -0.2) is 23.0 Å². The van der Waals surface area contributed by atoms with E-state index in [4.69, 9.17) is 21.4 Å². The normalized spacial score (nSPS) is 10.4. The number of aryl methyl sites for hydroxylation is 1. The first-order chi connectivity index (χ1) is 9.13. The molecule has 0 aromatic heterocycles. The third-order valence-electron chi connectivity index (χ3n) is 2.67. The zero-order chi connectivity index (χ0) is 14.1. The minimum Gasteiger partial charge on any atom is -0.493 e. The molecule has 0 aliphatic carbocycles. The van der Waals surface area contributed by atoms with E-state index in [1.807, 2.05) is 6.07 Å². The van der Waals surface area contributed by atoms with Crippen molar-refractivity contribution < 1.29 is 14.6 Å². The number of carboxylic acids is 1. The highest BCUT2D eigenvalue weighted by Crippen LogP contribution is 2.24. The number of halogens is 2. The number of carbonyl (C=O) groups is 1. The Bertz CT molecular complexity index is 410. The Morgan fingerprint density at radius 3 is 2.79 bits per heavy atom. The van der Waals surface area contributed by atoms with Crippen molar-refractivity contribution in [3.05, 3.63) is 28.8 Å². The molecule has 0 radical (unpaired) electrons. The van der Waals surface area contributed by atoms with Gasteiger partial charge in [0.1, 0.15) is 5.75 Å². The van der Waals surface area contributed by atoms with E-state index in [1.165, 1.54) is 0 Å². The molecule has 0 saturated carbocycles. The van der Waals surface area contributed by atoms with Crippen LogP contribution in [0.5, 0.6) is 5.75 Å². The number of unbranched alkanes of at least 4 members (excludes halogenated alkanes) is 2. The number of hydrogen-bond acceptors (Lipinski definition) is 2. The number of carboxylic acid groups (broad SMARTS) is 1. The molecule has 0 unspecified atom stereocenters. The molecule has 0 spiro atoms. The summed E-state index contributed by atoms with van der Waals surface area (Å²) in [5.41, 5.74) is 0.857. The molecule has 0 fully saturated rings. The molecule has 19 heavy (non-hydrogen) atoms. The monoisotopic (exact) mass is 348 g/mol. The van der Waals surface area contributed by atoms with Gasteiger partial charge in [0.25, 0.3) is 0 Å². The SMILES string of the molecule is O=C(O)CCc1cc(Cl)ccc1OCCCCCBr. The van der Waals surface area contributed by atoms with Gasteiger partial charge in [-0.05, 0) is 49.4 Å². The number of benzene rings is 1. The van der Waals surface area contributed by atoms with Gasteiger partial charge in [0.05, 0.1) is 6.61 Å². The Kier molecular flexibility index (Phi) is 7.91. The molecule has 106 valence electrons. The molecule has 0 saturated heterocycles. The van der Waals surface area contributed by atoms with Gasteiger partial charge in [-0.25, -0.2) is 0 Å². The van der Waals surface area contributed by atoms with Gasteiger partial charge in [-0.2, -0.15) is 0 Å². The highest BCUT2D eigenvalue weighted by molar-refractivity contribution is 9.09. The van der Waals surface area contributed by atoms with Crippen molar-refractivity contribution in [2.45, 2.75) is 32.1 Å². The van der Waals surface area contributed by atoms with Crippen LogP contribution in [0.4, 0.5) is 0 Å². The van der Waals surface area contributed by atoms with Crippen molar-refractivity contribution in [3.63, 3.8) is 0 Å². The topological polar surface area (TPSA) is 46.5 Å². The van der Waals surface area contributed by atoms with Gasteiger partial charge in [-0.15, -0.1) is 0 Å². The van der Waals surface area contributed by atoms with Crippen molar-refractivity contribution in [2.75, 3.05) is 11.9 Å². The van der Waals surface area contributed by atoms with Crippen LogP contribution < -0.4 is 4.74 Å². The first-order valence-corrected chi connectivity index (χ1v) is 7.82. The number of aliphatic carboxylic acids is 1. The molecule has 1 N–H and O–H groups in total. The van der Waals surface area contributed by atoms with E-state index in [-0.39, 0.29) is 6.42 Å². The lowest BCUT2D eigenvalue weighted by Gasteiger charge is -2.11. The van der Waals surface area contributed by atoms with Gasteiger partial charge in [0.15, 0.2) is 0 Å². The van der Waals surface area contributed by atoms with E-state index >= 15 is 0 Å². The first kappa shape index (κ1) is 16.3. The van der Waals surface area contributed by atoms with E-state index in [2.05, 4.69) is 15.9 Å². The van der Waals surface area contributed by atoms with E-state index in [9.17, 15) is 4.79 Å². The number of ether oxygens (including phenoxy) is 1. The molecule has 0 bridgehead atoms. The Morgan fingerprint density at radius 2 is 2.11 bits per heavy atom. The third-order valence-corrected chi connectivity index (χ3v) is 3.46. The molecular weight excluding hydrogens is 332 g/mol. The predicted molar refractivity (Wildman–Crippen MR) is 80.5 cm³/mol. The van der Waals surface area contributed by atoms with Crippen molar-refractivity contribution in [1.82, 2.24) is 0 Å². The van der Waals surface area contributed by atoms with Gasteiger partial charge >= 0.3 is 5.97 Å². The zero-order valence-corrected chi connectivity index (χ0v) is 13.0. The minimum atomic E-state index is -0.816. The molecule has 1 aromatic rings. The van der Waals surface area contributed by atoms with Gasteiger partial charge < -0.3 is 9.84 Å². The summed E-state index contributed by atoms with van der Waals surface area (Å²) in [6.07, 6.45) is 3.76. The summed E-state index contributed by atoms with van der Waals surface area (Å²) < 4.78 is 5.70. The third kappa shape index (κ3) is 6.83. The van der Waals surface area contributed by atoms with E-state index < -0.39 is 5.97 Å². The van der Waals surface area contributed by atoms with Crippen molar-refractivity contribution in [3.8, 4) is 5.75 Å². The van der Waals surface area contributed by atoms with Crippen LogP contribution in [0.15, 0.2) is 18.2 Å². The molecule has 5 heteroatoms. The fourth-order valence-corrected chi connectivity index (χ4v) is 2.27. The van der Waals surface area contributed by atoms with E-state index in [0.29, 0.717) is 18.1 Å². The summed E-state index contributed by atoms with van der Waals surface area (Å²) in [4.78, 5) is 10.6. The van der Waals surface area contributed by atoms with Gasteiger partial charge in [-0.1, -0.05) is 27.5 Å².